The van der Waals surface area contributed by atoms with Crippen LogP contribution in [0.1, 0.15) is 33.5 Å². The molecule has 3 aromatic rings. The molecule has 4 rings (SSSR count). The standard InChI is InChI=1S/C24H30FN3O2Si/c1-26-14-17-7-6-16(11-15(17)5-4-10-31(2,3)30)23-19-8-9-27-24(29)20-12-18(25)13-21(28-23)22(19)20/h6-7,11-13,26,28,30H,4-5,8-10,14H2,1-3H3,(H,27,29). The van der Waals surface area contributed by atoms with Crippen LogP contribution in [-0.2, 0) is 19.4 Å². The monoisotopic (exact) mass is 439 g/mol. The van der Waals surface area contributed by atoms with Gasteiger partial charge in [-0.05, 0) is 85.9 Å². The summed E-state index contributed by atoms with van der Waals surface area (Å²) in [6.45, 7) is 5.25. The van der Waals surface area contributed by atoms with Crippen LogP contribution < -0.4 is 10.6 Å². The number of halogens is 1. The summed E-state index contributed by atoms with van der Waals surface area (Å²) in [5.41, 5.74) is 6.60. The number of carbonyl (C=O) groups excluding carboxylic acids is 1. The summed E-state index contributed by atoms with van der Waals surface area (Å²) in [6, 6.07) is 10.1. The minimum Gasteiger partial charge on any atom is -0.432 e. The molecule has 31 heavy (non-hydrogen) atoms. The molecule has 0 radical (unpaired) electrons. The Hall–Kier alpha value is -2.48. The summed E-state index contributed by atoms with van der Waals surface area (Å²) in [5, 5.41) is 6.93. The predicted molar refractivity (Wildman–Crippen MR) is 125 cm³/mol. The second kappa shape index (κ2) is 8.57. The molecule has 7 heteroatoms. The predicted octanol–water partition coefficient (Wildman–Crippen LogP) is 4.11. The van der Waals surface area contributed by atoms with Crippen LogP contribution in [0.4, 0.5) is 4.39 Å². The van der Waals surface area contributed by atoms with Gasteiger partial charge in [-0.2, -0.15) is 0 Å². The first kappa shape index (κ1) is 21.7. The maximum absolute atomic E-state index is 14.2. The van der Waals surface area contributed by atoms with Crippen molar-refractivity contribution in [1.29, 1.82) is 0 Å². The molecule has 1 aromatic heterocycles. The Morgan fingerprint density at radius 3 is 2.74 bits per heavy atom. The fourth-order valence-corrected chi connectivity index (χ4v) is 5.57. The van der Waals surface area contributed by atoms with Crippen molar-refractivity contribution < 1.29 is 14.0 Å². The number of nitrogens with one attached hydrogen (secondary N) is 3. The zero-order chi connectivity index (χ0) is 22.2. The molecule has 2 heterocycles. The molecule has 0 saturated carbocycles. The van der Waals surface area contributed by atoms with Crippen molar-refractivity contribution in [1.82, 2.24) is 15.6 Å². The molecule has 0 spiro atoms. The van der Waals surface area contributed by atoms with E-state index in [-0.39, 0.29) is 5.91 Å². The second-order valence-corrected chi connectivity index (χ2v) is 13.2. The van der Waals surface area contributed by atoms with Crippen molar-refractivity contribution in [2.75, 3.05) is 13.6 Å². The van der Waals surface area contributed by atoms with Crippen LogP contribution in [0.25, 0.3) is 22.2 Å². The van der Waals surface area contributed by atoms with Gasteiger partial charge in [0.2, 0.25) is 0 Å². The van der Waals surface area contributed by atoms with Crippen molar-refractivity contribution in [3.8, 4) is 11.3 Å². The Bertz CT molecular complexity index is 1130. The van der Waals surface area contributed by atoms with Crippen LogP contribution in [0, 0.1) is 5.82 Å². The highest BCUT2D eigenvalue weighted by molar-refractivity contribution is 6.69. The number of aromatic amines is 1. The molecule has 0 unspecified atom stereocenters. The highest BCUT2D eigenvalue weighted by atomic mass is 28.4. The minimum atomic E-state index is -2.07. The van der Waals surface area contributed by atoms with Crippen LogP contribution >= 0.6 is 0 Å². The van der Waals surface area contributed by atoms with Gasteiger partial charge < -0.3 is 20.4 Å². The topological polar surface area (TPSA) is 77.2 Å². The molecule has 4 N–H and O–H groups in total. The van der Waals surface area contributed by atoms with Crippen molar-refractivity contribution in [3.63, 3.8) is 0 Å². The SMILES string of the molecule is CNCc1ccc(-c2[nH]c3cc(F)cc4c3c2CCNC4=O)cc1CCC[Si](C)(C)O. The minimum absolute atomic E-state index is 0.227. The normalized spacial score (nSPS) is 14.0. The third-order valence-electron chi connectivity index (χ3n) is 5.97. The first-order valence-corrected chi connectivity index (χ1v) is 14.0. The summed E-state index contributed by atoms with van der Waals surface area (Å²) in [4.78, 5) is 26.0. The van der Waals surface area contributed by atoms with Crippen LogP contribution in [0.3, 0.4) is 0 Å². The average molecular weight is 440 g/mol. The number of benzene rings is 2. The highest BCUT2D eigenvalue weighted by Crippen LogP contribution is 2.35. The maximum Gasteiger partial charge on any atom is 0.252 e. The number of aryl methyl sites for hydroxylation is 1. The van der Waals surface area contributed by atoms with Crippen LogP contribution in [-0.4, -0.2) is 37.6 Å². The van der Waals surface area contributed by atoms with Gasteiger partial charge in [0.1, 0.15) is 5.82 Å². The molecule has 1 aliphatic rings. The number of rotatable bonds is 7. The summed E-state index contributed by atoms with van der Waals surface area (Å²) in [5.74, 6) is -0.644. The number of hydrogen-bond donors (Lipinski definition) is 4. The molecule has 1 amide bonds. The Balaban J connectivity index is 1.78. The van der Waals surface area contributed by atoms with E-state index in [0.29, 0.717) is 24.0 Å². The summed E-state index contributed by atoms with van der Waals surface area (Å²) in [7, 11) is -0.137. The molecule has 0 fully saturated rings. The van der Waals surface area contributed by atoms with Gasteiger partial charge in [0.15, 0.2) is 8.32 Å². The van der Waals surface area contributed by atoms with E-state index in [1.807, 2.05) is 20.1 Å². The van der Waals surface area contributed by atoms with E-state index in [2.05, 4.69) is 33.8 Å². The molecule has 0 aliphatic carbocycles. The number of aromatic nitrogens is 1. The van der Waals surface area contributed by atoms with Crippen LogP contribution in [0.15, 0.2) is 30.3 Å². The number of H-pyrrole nitrogens is 1. The zero-order valence-electron chi connectivity index (χ0n) is 18.4. The maximum atomic E-state index is 14.2. The Morgan fingerprint density at radius 2 is 2.00 bits per heavy atom. The molecule has 1 aliphatic heterocycles. The van der Waals surface area contributed by atoms with E-state index in [9.17, 15) is 14.0 Å². The smallest absolute Gasteiger partial charge is 0.252 e. The largest absolute Gasteiger partial charge is 0.432 e. The number of carbonyl (C=O) groups is 1. The van der Waals surface area contributed by atoms with E-state index in [4.69, 9.17) is 0 Å². The average Bonchev–Trinajstić information content (AvgIpc) is 2.97. The Morgan fingerprint density at radius 1 is 1.19 bits per heavy atom. The first-order chi connectivity index (χ1) is 14.8. The Kier molecular flexibility index (Phi) is 6.01. The number of hydrogen-bond acceptors (Lipinski definition) is 3. The van der Waals surface area contributed by atoms with Crippen molar-refractivity contribution in [3.05, 3.63) is 58.4 Å². The van der Waals surface area contributed by atoms with Gasteiger partial charge >= 0.3 is 0 Å². The second-order valence-electron chi connectivity index (χ2n) is 9.04. The van der Waals surface area contributed by atoms with Crippen molar-refractivity contribution >= 4 is 25.1 Å². The van der Waals surface area contributed by atoms with E-state index < -0.39 is 14.1 Å². The summed E-state index contributed by atoms with van der Waals surface area (Å²) in [6.07, 6.45) is 2.54. The van der Waals surface area contributed by atoms with E-state index in [1.165, 1.54) is 23.3 Å². The van der Waals surface area contributed by atoms with Crippen molar-refractivity contribution in [2.45, 2.75) is 44.9 Å². The lowest BCUT2D eigenvalue weighted by Crippen LogP contribution is -2.24. The lowest BCUT2D eigenvalue weighted by molar-refractivity contribution is 0.0957. The van der Waals surface area contributed by atoms with Crippen molar-refractivity contribution in [2.24, 2.45) is 0 Å². The highest BCUT2D eigenvalue weighted by Gasteiger charge is 2.24. The van der Waals surface area contributed by atoms with Gasteiger partial charge in [-0.25, -0.2) is 4.39 Å². The van der Waals surface area contributed by atoms with Gasteiger partial charge in [0.25, 0.3) is 5.91 Å². The van der Waals surface area contributed by atoms with Gasteiger partial charge in [-0.3, -0.25) is 4.79 Å². The quantitative estimate of drug-likeness (QED) is 0.419. The van der Waals surface area contributed by atoms with Gasteiger partial charge in [-0.1, -0.05) is 12.1 Å². The van der Waals surface area contributed by atoms with E-state index >= 15 is 0 Å². The molecule has 0 saturated heterocycles. The Labute approximate surface area is 183 Å². The van der Waals surface area contributed by atoms with Crippen LogP contribution in [0.2, 0.25) is 19.1 Å². The van der Waals surface area contributed by atoms with Gasteiger partial charge in [0, 0.05) is 29.7 Å². The fourth-order valence-electron chi connectivity index (χ4n) is 4.53. The lowest BCUT2D eigenvalue weighted by Gasteiger charge is -2.16. The summed E-state index contributed by atoms with van der Waals surface area (Å²) < 4.78 is 14.2. The zero-order valence-corrected chi connectivity index (χ0v) is 19.4. The molecule has 2 aromatic carbocycles. The first-order valence-electron chi connectivity index (χ1n) is 10.9. The van der Waals surface area contributed by atoms with Gasteiger partial charge in [-0.15, -0.1) is 0 Å². The third-order valence-corrected chi connectivity index (χ3v) is 7.55. The van der Waals surface area contributed by atoms with Gasteiger partial charge in [0.05, 0.1) is 5.56 Å². The van der Waals surface area contributed by atoms with Crippen LogP contribution in [0.5, 0.6) is 0 Å². The van der Waals surface area contributed by atoms with E-state index in [1.54, 1.807) is 0 Å². The fraction of sp³-hybridized carbons (Fsp3) is 0.375. The molecule has 0 bridgehead atoms. The molecule has 5 nitrogen and oxygen atoms in total. The van der Waals surface area contributed by atoms with E-state index in [0.717, 1.165) is 47.6 Å². The lowest BCUT2D eigenvalue weighted by atomic mass is 9.95. The third kappa shape index (κ3) is 4.58. The molecular weight excluding hydrogens is 409 g/mol. The molecular formula is C24H30FN3O2Si. The number of amides is 1. The summed E-state index contributed by atoms with van der Waals surface area (Å²) >= 11 is 0. The molecule has 164 valence electrons. The molecule has 0 atom stereocenters.